The van der Waals surface area contributed by atoms with Crippen molar-refractivity contribution >= 4 is 17.8 Å². The van der Waals surface area contributed by atoms with Gasteiger partial charge in [-0.2, -0.15) is 0 Å². The predicted octanol–water partition coefficient (Wildman–Crippen LogP) is 3.63. The molecule has 0 spiro atoms. The third-order valence-electron chi connectivity index (χ3n) is 6.70. The Kier molecular flexibility index (Phi) is 11.1. The minimum atomic E-state index is -0.676. The third kappa shape index (κ3) is 8.13. The fraction of sp³-hybridized carbons (Fsp3) is 0.808. The van der Waals surface area contributed by atoms with Crippen LogP contribution in [0.25, 0.3) is 0 Å². The van der Waals surface area contributed by atoms with E-state index in [0.29, 0.717) is 18.1 Å². The van der Waals surface area contributed by atoms with Gasteiger partial charge < -0.3 is 15.0 Å². The van der Waals surface area contributed by atoms with E-state index in [9.17, 15) is 14.4 Å². The van der Waals surface area contributed by atoms with Gasteiger partial charge in [-0.05, 0) is 51.0 Å². The van der Waals surface area contributed by atoms with Gasteiger partial charge in [0.05, 0.1) is 18.7 Å². The van der Waals surface area contributed by atoms with Gasteiger partial charge >= 0.3 is 5.97 Å². The van der Waals surface area contributed by atoms with Crippen LogP contribution in [-0.4, -0.2) is 73.0 Å². The molecular formula is C26H47N3O4. The van der Waals surface area contributed by atoms with Crippen molar-refractivity contribution in [1.29, 1.82) is 0 Å². The number of amides is 2. The second-order valence-corrected chi connectivity index (χ2v) is 10.9. The van der Waals surface area contributed by atoms with Gasteiger partial charge in [-0.25, -0.2) is 4.79 Å². The second-order valence-electron chi connectivity index (χ2n) is 10.9. The summed E-state index contributed by atoms with van der Waals surface area (Å²) in [6.07, 6.45) is 4.74. The van der Waals surface area contributed by atoms with Crippen molar-refractivity contribution in [3.63, 3.8) is 0 Å². The molecule has 0 aliphatic carbocycles. The molecule has 1 saturated heterocycles. The van der Waals surface area contributed by atoms with E-state index in [-0.39, 0.29) is 35.8 Å². The fourth-order valence-electron chi connectivity index (χ4n) is 4.46. The van der Waals surface area contributed by atoms with E-state index >= 15 is 0 Å². The highest BCUT2D eigenvalue weighted by molar-refractivity contribution is 5.91. The average Bonchev–Trinajstić information content (AvgIpc) is 2.73. The van der Waals surface area contributed by atoms with Crippen molar-refractivity contribution < 1.29 is 19.1 Å². The minimum absolute atomic E-state index is 0.0788. The number of esters is 1. The standard InChI is InChI=1S/C26H47N3O4/c1-11-19-13-14-20(28(9)16-19)23(30)27-22(26(6,7)8)24(31)29(10)21(17(3)4)15-18(5)25(32)33-12-2/h15,17,19-22H,11-14,16H2,1-10H3,(H,27,30)/b18-15+/t19-,20-,21+,22+/m0/s1. The summed E-state index contributed by atoms with van der Waals surface area (Å²) in [6, 6.07) is -1.20. The first-order valence-corrected chi connectivity index (χ1v) is 12.4. The Balaban J connectivity index is 3.09. The molecular weight excluding hydrogens is 418 g/mol. The van der Waals surface area contributed by atoms with Gasteiger partial charge in [0.25, 0.3) is 0 Å². The summed E-state index contributed by atoms with van der Waals surface area (Å²) in [4.78, 5) is 42.8. The molecule has 0 radical (unpaired) electrons. The normalized spacial score (nSPS) is 22.0. The maximum atomic E-state index is 13.7. The van der Waals surface area contributed by atoms with Crippen LogP contribution in [0.5, 0.6) is 0 Å². The van der Waals surface area contributed by atoms with Crippen LogP contribution in [0.3, 0.4) is 0 Å². The number of rotatable bonds is 9. The second kappa shape index (κ2) is 12.5. The molecule has 2 amide bonds. The molecule has 0 aromatic rings. The smallest absolute Gasteiger partial charge is 0.333 e. The first-order chi connectivity index (χ1) is 15.2. The number of nitrogens with zero attached hydrogens (tertiary/aromatic N) is 2. The monoisotopic (exact) mass is 465 g/mol. The van der Waals surface area contributed by atoms with Gasteiger partial charge in [-0.1, -0.05) is 54.0 Å². The maximum Gasteiger partial charge on any atom is 0.333 e. The summed E-state index contributed by atoms with van der Waals surface area (Å²) in [7, 11) is 3.73. The molecule has 7 nitrogen and oxygen atoms in total. The number of piperidine rings is 1. The van der Waals surface area contributed by atoms with E-state index in [0.717, 1.165) is 25.8 Å². The lowest BCUT2D eigenvalue weighted by Gasteiger charge is -2.40. The van der Waals surface area contributed by atoms with Crippen molar-refractivity contribution in [3.05, 3.63) is 11.6 Å². The Morgan fingerprint density at radius 2 is 1.79 bits per heavy atom. The molecule has 1 heterocycles. The Hall–Kier alpha value is -1.89. The fourth-order valence-corrected chi connectivity index (χ4v) is 4.46. The van der Waals surface area contributed by atoms with Crippen LogP contribution in [0.15, 0.2) is 11.6 Å². The summed E-state index contributed by atoms with van der Waals surface area (Å²) in [5.41, 5.74) is 0.00240. The van der Waals surface area contributed by atoms with Crippen LogP contribution in [-0.2, 0) is 19.1 Å². The van der Waals surface area contributed by atoms with Gasteiger partial charge in [0, 0.05) is 19.2 Å². The molecule has 1 N–H and O–H groups in total. The highest BCUT2D eigenvalue weighted by Crippen LogP contribution is 2.26. The molecule has 0 bridgehead atoms. The maximum absolute atomic E-state index is 13.7. The molecule has 0 aromatic carbocycles. The first-order valence-electron chi connectivity index (χ1n) is 12.4. The lowest BCUT2D eigenvalue weighted by Crippen LogP contribution is -2.60. The quantitative estimate of drug-likeness (QED) is 0.416. The van der Waals surface area contributed by atoms with E-state index in [2.05, 4.69) is 17.1 Å². The highest BCUT2D eigenvalue weighted by atomic mass is 16.5. The molecule has 4 atom stereocenters. The van der Waals surface area contributed by atoms with Crippen molar-refractivity contribution in [1.82, 2.24) is 15.1 Å². The minimum Gasteiger partial charge on any atom is -0.463 e. The Labute approximate surface area is 201 Å². The summed E-state index contributed by atoms with van der Waals surface area (Å²) < 4.78 is 5.10. The van der Waals surface area contributed by atoms with E-state index in [1.54, 1.807) is 31.9 Å². The van der Waals surface area contributed by atoms with Crippen LogP contribution < -0.4 is 5.32 Å². The molecule has 0 unspecified atom stereocenters. The molecule has 190 valence electrons. The zero-order valence-electron chi connectivity index (χ0n) is 22.5. The third-order valence-corrected chi connectivity index (χ3v) is 6.70. The molecule has 0 aromatic heterocycles. The summed E-state index contributed by atoms with van der Waals surface area (Å²) >= 11 is 0. The summed E-state index contributed by atoms with van der Waals surface area (Å²) in [5.74, 6) is 0.0670. The largest absolute Gasteiger partial charge is 0.463 e. The van der Waals surface area contributed by atoms with Crippen molar-refractivity contribution in [2.45, 2.75) is 92.8 Å². The molecule has 0 saturated carbocycles. The van der Waals surface area contributed by atoms with E-state index in [1.807, 2.05) is 41.7 Å². The number of hydrogen-bond acceptors (Lipinski definition) is 5. The summed E-state index contributed by atoms with van der Waals surface area (Å²) in [6.45, 7) is 16.8. The average molecular weight is 466 g/mol. The zero-order valence-corrected chi connectivity index (χ0v) is 22.5. The number of hydrogen-bond donors (Lipinski definition) is 1. The number of carbonyl (C=O) groups excluding carboxylic acids is 3. The van der Waals surface area contributed by atoms with Gasteiger partial charge in [-0.15, -0.1) is 0 Å². The first kappa shape index (κ1) is 29.1. The lowest BCUT2D eigenvalue weighted by atomic mass is 9.84. The molecule has 1 aliphatic heterocycles. The Bertz CT molecular complexity index is 711. The predicted molar refractivity (Wildman–Crippen MR) is 133 cm³/mol. The molecule has 1 aliphatic rings. The molecule has 1 rings (SSSR count). The van der Waals surface area contributed by atoms with Crippen LogP contribution in [0.2, 0.25) is 0 Å². The van der Waals surface area contributed by atoms with Crippen LogP contribution in [0.4, 0.5) is 0 Å². The number of ether oxygens (including phenoxy) is 1. The Morgan fingerprint density at radius 3 is 2.24 bits per heavy atom. The van der Waals surface area contributed by atoms with Crippen molar-refractivity contribution in [2.24, 2.45) is 17.3 Å². The van der Waals surface area contributed by atoms with Gasteiger partial charge in [0.1, 0.15) is 6.04 Å². The number of nitrogens with one attached hydrogen (secondary N) is 1. The lowest BCUT2D eigenvalue weighted by molar-refractivity contribution is -0.142. The van der Waals surface area contributed by atoms with Gasteiger partial charge in [0.2, 0.25) is 11.8 Å². The van der Waals surface area contributed by atoms with Crippen LogP contribution in [0.1, 0.15) is 74.7 Å². The van der Waals surface area contributed by atoms with E-state index in [1.165, 1.54) is 0 Å². The number of likely N-dealkylation sites (N-methyl/N-ethyl adjacent to an activating group) is 2. The molecule has 33 heavy (non-hydrogen) atoms. The van der Waals surface area contributed by atoms with Crippen molar-refractivity contribution in [3.8, 4) is 0 Å². The van der Waals surface area contributed by atoms with Crippen LogP contribution in [0, 0.1) is 17.3 Å². The number of carbonyl (C=O) groups is 3. The summed E-state index contributed by atoms with van der Waals surface area (Å²) in [5, 5.41) is 3.08. The van der Waals surface area contributed by atoms with Gasteiger partial charge in [-0.3, -0.25) is 14.5 Å². The Morgan fingerprint density at radius 1 is 1.18 bits per heavy atom. The topological polar surface area (TPSA) is 79.0 Å². The molecule has 1 fully saturated rings. The van der Waals surface area contributed by atoms with Crippen molar-refractivity contribution in [2.75, 3.05) is 27.2 Å². The SMILES string of the molecule is CCOC(=O)/C(C)=C/[C@H](C(C)C)N(C)C(=O)[C@@H](NC(=O)[C@@H]1CC[C@H](CC)CN1C)C(C)(C)C. The van der Waals surface area contributed by atoms with E-state index in [4.69, 9.17) is 4.74 Å². The van der Waals surface area contributed by atoms with Crippen LogP contribution >= 0.6 is 0 Å². The molecule has 7 heteroatoms. The zero-order chi connectivity index (χ0) is 25.5. The highest BCUT2D eigenvalue weighted by Gasteiger charge is 2.39. The number of likely N-dealkylation sites (tertiary alicyclic amines) is 1. The van der Waals surface area contributed by atoms with Gasteiger partial charge in [0.15, 0.2) is 0 Å². The van der Waals surface area contributed by atoms with E-state index < -0.39 is 11.5 Å².